The second-order valence-corrected chi connectivity index (χ2v) is 5.44. The van der Waals surface area contributed by atoms with Gasteiger partial charge in [0.25, 0.3) is 0 Å². The average molecular weight is 293 g/mol. The molecule has 1 amide bonds. The van der Waals surface area contributed by atoms with Crippen molar-refractivity contribution in [3.05, 3.63) is 65.9 Å². The molecule has 0 spiro atoms. The molecule has 1 aromatic heterocycles. The van der Waals surface area contributed by atoms with Crippen LogP contribution in [0, 0.1) is 0 Å². The fourth-order valence-electron chi connectivity index (χ4n) is 2.64. The molecule has 0 radical (unpaired) electrons. The topological polar surface area (TPSA) is 46.9 Å². The Labute approximate surface area is 129 Å². The molecule has 4 nitrogen and oxygen atoms in total. The van der Waals surface area contributed by atoms with Crippen molar-refractivity contribution in [3.8, 4) is 0 Å². The summed E-state index contributed by atoms with van der Waals surface area (Å²) in [6.07, 6.45) is 0. The first-order valence-electron chi connectivity index (χ1n) is 7.40. The summed E-state index contributed by atoms with van der Waals surface area (Å²) in [5.41, 5.74) is 2.99. The van der Waals surface area contributed by atoms with Crippen LogP contribution in [0.4, 0.5) is 0 Å². The van der Waals surface area contributed by atoms with Gasteiger partial charge < -0.3 is 5.32 Å². The number of hydrogen-bond donors (Lipinski definition) is 1. The second-order valence-electron chi connectivity index (χ2n) is 5.44. The van der Waals surface area contributed by atoms with Gasteiger partial charge in [-0.1, -0.05) is 48.5 Å². The molecule has 1 atom stereocenters. The van der Waals surface area contributed by atoms with Gasteiger partial charge in [0.2, 0.25) is 5.91 Å². The van der Waals surface area contributed by atoms with Crippen LogP contribution < -0.4 is 5.32 Å². The van der Waals surface area contributed by atoms with Crippen molar-refractivity contribution in [2.75, 3.05) is 0 Å². The van der Waals surface area contributed by atoms with E-state index in [-0.39, 0.29) is 11.8 Å². The summed E-state index contributed by atoms with van der Waals surface area (Å²) < 4.78 is 1.84. The van der Waals surface area contributed by atoms with Crippen LogP contribution in [-0.2, 0) is 18.4 Å². The zero-order valence-electron chi connectivity index (χ0n) is 12.8. The Hall–Kier alpha value is -2.62. The van der Waals surface area contributed by atoms with Crippen LogP contribution in [0.2, 0.25) is 0 Å². The molecule has 1 heterocycles. The number of benzene rings is 2. The Kier molecular flexibility index (Phi) is 3.92. The fraction of sp³-hybridized carbons (Fsp3) is 0.222. The second kappa shape index (κ2) is 6.02. The van der Waals surface area contributed by atoms with Gasteiger partial charge in [-0.2, -0.15) is 5.10 Å². The average Bonchev–Trinajstić information content (AvgIpc) is 2.89. The lowest BCUT2D eigenvalue weighted by molar-refractivity contribution is -0.122. The summed E-state index contributed by atoms with van der Waals surface area (Å²) >= 11 is 0. The molecule has 22 heavy (non-hydrogen) atoms. The molecule has 3 aromatic rings. The van der Waals surface area contributed by atoms with Crippen LogP contribution in [0.25, 0.3) is 10.9 Å². The third kappa shape index (κ3) is 2.72. The number of carbonyl (C=O) groups excluding carboxylic acids is 1. The van der Waals surface area contributed by atoms with E-state index < -0.39 is 0 Å². The summed E-state index contributed by atoms with van der Waals surface area (Å²) in [7, 11) is 1.92. The predicted molar refractivity (Wildman–Crippen MR) is 87.4 cm³/mol. The molecule has 1 N–H and O–H groups in total. The van der Waals surface area contributed by atoms with Crippen molar-refractivity contribution in [1.82, 2.24) is 15.1 Å². The number of aromatic nitrogens is 2. The minimum absolute atomic E-state index is 0.0148. The Morgan fingerprint density at radius 1 is 1.14 bits per heavy atom. The molecule has 0 aliphatic carbocycles. The van der Waals surface area contributed by atoms with Crippen LogP contribution in [0.5, 0.6) is 0 Å². The maximum Gasteiger partial charge on any atom is 0.227 e. The molecular formula is C18H19N3O. The monoisotopic (exact) mass is 293 g/mol. The number of nitrogens with one attached hydrogen (secondary N) is 1. The first kappa shape index (κ1) is 14.3. The number of fused-ring (bicyclic) bond motifs is 1. The zero-order valence-corrected chi connectivity index (χ0v) is 12.8. The Balaban J connectivity index is 1.73. The fourth-order valence-corrected chi connectivity index (χ4v) is 2.64. The molecule has 0 saturated carbocycles. The van der Waals surface area contributed by atoms with Crippen molar-refractivity contribution < 1.29 is 4.79 Å². The molecule has 0 unspecified atom stereocenters. The number of para-hydroxylation sites is 1. The normalized spacial score (nSPS) is 12.3. The minimum Gasteiger partial charge on any atom is -0.350 e. The van der Waals surface area contributed by atoms with Gasteiger partial charge in [-0.25, -0.2) is 0 Å². The lowest BCUT2D eigenvalue weighted by Gasteiger charge is -2.11. The first-order chi connectivity index (χ1) is 10.7. The number of rotatable bonds is 4. The number of carbonyl (C=O) groups is 1. The summed E-state index contributed by atoms with van der Waals surface area (Å²) in [5, 5.41) is 8.56. The summed E-state index contributed by atoms with van der Waals surface area (Å²) in [4.78, 5) is 12.3. The highest BCUT2D eigenvalue weighted by molar-refractivity contribution is 5.85. The van der Waals surface area contributed by atoms with Crippen LogP contribution in [0.15, 0.2) is 54.6 Å². The third-order valence-electron chi connectivity index (χ3n) is 3.96. The van der Waals surface area contributed by atoms with Crippen molar-refractivity contribution in [2.24, 2.45) is 7.05 Å². The summed E-state index contributed by atoms with van der Waals surface area (Å²) in [6.45, 7) is 2.36. The highest BCUT2D eigenvalue weighted by Crippen LogP contribution is 2.18. The van der Waals surface area contributed by atoms with E-state index >= 15 is 0 Å². The van der Waals surface area contributed by atoms with Crippen LogP contribution in [0.3, 0.4) is 0 Å². The van der Waals surface area contributed by atoms with Crippen LogP contribution >= 0.6 is 0 Å². The van der Waals surface area contributed by atoms with Crippen molar-refractivity contribution >= 4 is 16.8 Å². The van der Waals surface area contributed by atoms with Crippen LogP contribution in [0.1, 0.15) is 24.1 Å². The molecule has 0 aliphatic heterocycles. The molecular weight excluding hydrogens is 274 g/mol. The van der Waals surface area contributed by atoms with Crippen molar-refractivity contribution in [2.45, 2.75) is 19.4 Å². The van der Waals surface area contributed by atoms with Gasteiger partial charge in [-0.05, 0) is 18.6 Å². The standard InChI is InChI=1S/C18H19N3O/c1-13(14-8-4-3-5-9-14)18(22)19-12-16-15-10-6-7-11-17(15)21(2)20-16/h3-11,13H,12H2,1-2H3,(H,19,22)/t13-/m1/s1. The van der Waals surface area contributed by atoms with Crippen LogP contribution in [-0.4, -0.2) is 15.7 Å². The van der Waals surface area contributed by atoms with Crippen molar-refractivity contribution in [1.29, 1.82) is 0 Å². The Morgan fingerprint density at radius 2 is 1.82 bits per heavy atom. The third-order valence-corrected chi connectivity index (χ3v) is 3.96. The van der Waals surface area contributed by atoms with E-state index in [1.807, 2.05) is 73.3 Å². The number of amides is 1. The van der Waals surface area contributed by atoms with E-state index in [1.165, 1.54) is 0 Å². The van der Waals surface area contributed by atoms with Gasteiger partial charge in [0, 0.05) is 12.4 Å². The minimum atomic E-state index is -0.170. The van der Waals surface area contributed by atoms with E-state index in [0.29, 0.717) is 6.54 Å². The van der Waals surface area contributed by atoms with Gasteiger partial charge in [-0.3, -0.25) is 9.48 Å². The first-order valence-corrected chi connectivity index (χ1v) is 7.40. The number of nitrogens with zero attached hydrogens (tertiary/aromatic N) is 2. The van der Waals surface area contributed by atoms with E-state index in [1.54, 1.807) is 0 Å². The lowest BCUT2D eigenvalue weighted by atomic mass is 10.0. The highest BCUT2D eigenvalue weighted by Gasteiger charge is 2.15. The highest BCUT2D eigenvalue weighted by atomic mass is 16.1. The van der Waals surface area contributed by atoms with E-state index in [9.17, 15) is 4.79 Å². The zero-order chi connectivity index (χ0) is 15.5. The quantitative estimate of drug-likeness (QED) is 0.804. The SMILES string of the molecule is C[C@@H](C(=O)NCc1nn(C)c2ccccc12)c1ccccc1. The largest absolute Gasteiger partial charge is 0.350 e. The van der Waals surface area contributed by atoms with Gasteiger partial charge >= 0.3 is 0 Å². The molecule has 0 fully saturated rings. The molecule has 0 aliphatic rings. The van der Waals surface area contributed by atoms with Gasteiger partial charge in [0.15, 0.2) is 0 Å². The Morgan fingerprint density at radius 3 is 2.59 bits per heavy atom. The van der Waals surface area contributed by atoms with Gasteiger partial charge in [-0.15, -0.1) is 0 Å². The lowest BCUT2D eigenvalue weighted by Crippen LogP contribution is -2.27. The maximum atomic E-state index is 12.3. The van der Waals surface area contributed by atoms with E-state index in [0.717, 1.165) is 22.2 Å². The number of hydrogen-bond acceptors (Lipinski definition) is 2. The summed E-state index contributed by atoms with van der Waals surface area (Å²) in [5.74, 6) is -0.155. The number of aryl methyl sites for hydroxylation is 1. The Bertz CT molecular complexity index is 792. The smallest absolute Gasteiger partial charge is 0.227 e. The summed E-state index contributed by atoms with van der Waals surface area (Å²) in [6, 6.07) is 17.8. The van der Waals surface area contributed by atoms with Gasteiger partial charge in [0.05, 0.1) is 23.7 Å². The van der Waals surface area contributed by atoms with Crippen molar-refractivity contribution in [3.63, 3.8) is 0 Å². The molecule has 4 heteroatoms. The van der Waals surface area contributed by atoms with E-state index in [2.05, 4.69) is 10.4 Å². The molecule has 112 valence electrons. The predicted octanol–water partition coefficient (Wildman–Crippen LogP) is 2.99. The van der Waals surface area contributed by atoms with E-state index in [4.69, 9.17) is 0 Å². The molecule has 3 rings (SSSR count). The molecule has 2 aromatic carbocycles. The maximum absolute atomic E-state index is 12.3. The van der Waals surface area contributed by atoms with Gasteiger partial charge in [0.1, 0.15) is 0 Å². The molecule has 0 saturated heterocycles. The molecule has 0 bridgehead atoms.